The molecule has 0 fully saturated rings. The van der Waals surface area contributed by atoms with Gasteiger partial charge in [0.15, 0.2) is 5.65 Å². The molecule has 0 aliphatic carbocycles. The smallest absolute Gasteiger partial charge is 0.258 e. The van der Waals surface area contributed by atoms with Gasteiger partial charge < -0.3 is 9.64 Å². The van der Waals surface area contributed by atoms with E-state index in [9.17, 15) is 4.79 Å². The molecule has 0 N–H and O–H groups in total. The Balaban J connectivity index is 1.70. The van der Waals surface area contributed by atoms with E-state index in [1.165, 1.54) is 0 Å². The van der Waals surface area contributed by atoms with Gasteiger partial charge in [0, 0.05) is 22.0 Å². The van der Waals surface area contributed by atoms with Gasteiger partial charge >= 0.3 is 0 Å². The van der Waals surface area contributed by atoms with E-state index in [1.807, 2.05) is 32.2 Å². The van der Waals surface area contributed by atoms with Crippen molar-refractivity contribution < 1.29 is 9.53 Å². The van der Waals surface area contributed by atoms with Crippen molar-refractivity contribution in [2.24, 2.45) is 0 Å². The van der Waals surface area contributed by atoms with Gasteiger partial charge in [0.25, 0.3) is 5.91 Å². The fourth-order valence-corrected chi connectivity index (χ4v) is 3.65. The lowest BCUT2D eigenvalue weighted by Crippen LogP contribution is -2.26. The van der Waals surface area contributed by atoms with Crippen molar-refractivity contribution in [1.82, 2.24) is 19.5 Å². The van der Waals surface area contributed by atoms with E-state index in [2.05, 4.69) is 0 Å². The molecule has 1 aliphatic rings. The zero-order valence-electron chi connectivity index (χ0n) is 15.8. The Hall–Kier alpha value is -2.60. The second-order valence-electron chi connectivity index (χ2n) is 6.80. The highest BCUT2D eigenvalue weighted by Crippen LogP contribution is 2.31. The zero-order chi connectivity index (χ0) is 19.3. The minimum absolute atomic E-state index is 0.113. The summed E-state index contributed by atoms with van der Waals surface area (Å²) >= 11 is 6.11. The molecule has 2 aromatic heterocycles. The average molecular weight is 385 g/mol. The maximum absolute atomic E-state index is 13.1. The molecule has 0 saturated carbocycles. The van der Waals surface area contributed by atoms with Crippen LogP contribution in [-0.4, -0.2) is 32.0 Å². The first-order valence-electron chi connectivity index (χ1n) is 8.96. The van der Waals surface area contributed by atoms with Crippen LogP contribution in [0.5, 0.6) is 5.75 Å². The summed E-state index contributed by atoms with van der Waals surface area (Å²) in [4.78, 5) is 19.6. The number of hydrogen-bond donors (Lipinski definition) is 0. The maximum atomic E-state index is 13.1. The molecule has 4 rings (SSSR count). The number of halogens is 1. The van der Waals surface area contributed by atoms with Gasteiger partial charge in [0.1, 0.15) is 5.75 Å². The summed E-state index contributed by atoms with van der Waals surface area (Å²) in [6.45, 7) is 9.40. The minimum Gasteiger partial charge on any atom is -0.493 e. The predicted octanol–water partition coefficient (Wildman–Crippen LogP) is 3.86. The number of rotatable bonds is 3. The fourth-order valence-electron chi connectivity index (χ4n) is 3.48. The van der Waals surface area contributed by atoms with Gasteiger partial charge in [0.2, 0.25) is 0 Å². The van der Waals surface area contributed by atoms with E-state index in [1.54, 1.807) is 23.1 Å². The van der Waals surface area contributed by atoms with Crippen LogP contribution >= 0.6 is 11.6 Å². The van der Waals surface area contributed by atoms with Gasteiger partial charge in [-0.15, -0.1) is 0 Å². The zero-order valence-corrected chi connectivity index (χ0v) is 16.6. The molecule has 140 valence electrons. The second-order valence-corrected chi connectivity index (χ2v) is 7.24. The molecular weight excluding hydrogens is 364 g/mol. The highest BCUT2D eigenvalue weighted by atomic mass is 35.5. The van der Waals surface area contributed by atoms with Gasteiger partial charge in [-0.05, 0) is 51.5 Å². The molecule has 1 aliphatic heterocycles. The van der Waals surface area contributed by atoms with Crippen LogP contribution in [0.25, 0.3) is 5.65 Å². The highest BCUT2D eigenvalue weighted by molar-refractivity contribution is 6.31. The number of hydrogen-bond acceptors (Lipinski definition) is 4. The Morgan fingerprint density at radius 2 is 2.04 bits per heavy atom. The Bertz CT molecular complexity index is 1070. The summed E-state index contributed by atoms with van der Waals surface area (Å²) in [5.41, 5.74) is 6.41. The van der Waals surface area contributed by atoms with E-state index in [0.29, 0.717) is 36.0 Å². The van der Waals surface area contributed by atoms with E-state index in [-0.39, 0.29) is 5.91 Å². The fraction of sp³-hybridized carbons (Fsp3) is 0.350. The molecule has 0 radical (unpaired) electrons. The van der Waals surface area contributed by atoms with Gasteiger partial charge in [-0.3, -0.25) is 4.79 Å². The molecule has 3 aromatic rings. The summed E-state index contributed by atoms with van der Waals surface area (Å²) in [5.74, 6) is 0.434. The Kier molecular flexibility index (Phi) is 4.30. The van der Waals surface area contributed by atoms with Crippen molar-refractivity contribution in [3.8, 4) is 5.75 Å². The number of ether oxygens (including phenoxy) is 1. The summed E-state index contributed by atoms with van der Waals surface area (Å²) in [6.07, 6.45) is 0. The van der Waals surface area contributed by atoms with Crippen molar-refractivity contribution in [3.05, 3.63) is 57.0 Å². The number of amides is 1. The molecule has 6 nitrogen and oxygen atoms in total. The number of aromatic nitrogens is 3. The molecule has 27 heavy (non-hydrogen) atoms. The topological polar surface area (TPSA) is 59.7 Å². The van der Waals surface area contributed by atoms with Crippen LogP contribution < -0.4 is 4.74 Å². The quantitative estimate of drug-likeness (QED) is 0.688. The number of nitrogens with zero attached hydrogens (tertiary/aromatic N) is 4. The first kappa shape index (κ1) is 17.8. The van der Waals surface area contributed by atoms with Crippen LogP contribution in [0.15, 0.2) is 18.2 Å². The molecule has 1 aromatic carbocycles. The molecule has 3 heterocycles. The standard InChI is InChI=1S/C20H21ClN4O2/c1-5-27-18-7-6-14(21)8-15(18)20(26)24-9-16-17(10-24)23-25-13(4)11(2)12(3)22-19(16)25/h6-8H,5,9-10H2,1-4H3. The molecule has 0 unspecified atom stereocenters. The molecule has 0 spiro atoms. The van der Waals surface area contributed by atoms with Gasteiger partial charge in [0.05, 0.1) is 31.0 Å². The third kappa shape index (κ3) is 2.84. The monoisotopic (exact) mass is 384 g/mol. The van der Waals surface area contributed by atoms with E-state index in [4.69, 9.17) is 26.4 Å². The molecule has 0 bridgehead atoms. The molecule has 1 amide bonds. The van der Waals surface area contributed by atoms with E-state index in [0.717, 1.165) is 33.9 Å². The number of aryl methyl sites for hydroxylation is 2. The predicted molar refractivity (Wildman–Crippen MR) is 103 cm³/mol. The average Bonchev–Trinajstić information content (AvgIpc) is 3.20. The summed E-state index contributed by atoms with van der Waals surface area (Å²) in [7, 11) is 0. The highest BCUT2D eigenvalue weighted by Gasteiger charge is 2.31. The van der Waals surface area contributed by atoms with Crippen molar-refractivity contribution in [2.45, 2.75) is 40.8 Å². The normalized spacial score (nSPS) is 13.3. The maximum Gasteiger partial charge on any atom is 0.258 e. The van der Waals surface area contributed by atoms with Gasteiger partial charge in [-0.25, -0.2) is 9.50 Å². The van der Waals surface area contributed by atoms with Crippen LogP contribution in [0.3, 0.4) is 0 Å². The van der Waals surface area contributed by atoms with Gasteiger partial charge in [-0.1, -0.05) is 11.6 Å². The molecular formula is C20H21ClN4O2. The number of carbonyl (C=O) groups excluding carboxylic acids is 1. The Morgan fingerprint density at radius 3 is 2.78 bits per heavy atom. The van der Waals surface area contributed by atoms with Gasteiger partial charge in [-0.2, -0.15) is 5.10 Å². The van der Waals surface area contributed by atoms with Crippen LogP contribution in [0, 0.1) is 20.8 Å². The third-order valence-corrected chi connectivity index (χ3v) is 5.40. The van der Waals surface area contributed by atoms with Crippen molar-refractivity contribution in [3.63, 3.8) is 0 Å². The number of fused-ring (bicyclic) bond motifs is 3. The van der Waals surface area contributed by atoms with E-state index >= 15 is 0 Å². The van der Waals surface area contributed by atoms with Crippen molar-refractivity contribution >= 4 is 23.2 Å². The summed E-state index contributed by atoms with van der Waals surface area (Å²) in [6, 6.07) is 5.13. The molecule has 7 heteroatoms. The number of carbonyl (C=O) groups is 1. The largest absolute Gasteiger partial charge is 0.493 e. The second kappa shape index (κ2) is 6.53. The number of benzene rings is 1. The Morgan fingerprint density at radius 1 is 1.26 bits per heavy atom. The first-order chi connectivity index (χ1) is 12.9. The van der Waals surface area contributed by atoms with Crippen molar-refractivity contribution in [2.75, 3.05) is 6.61 Å². The summed E-state index contributed by atoms with van der Waals surface area (Å²) < 4.78 is 7.50. The van der Waals surface area contributed by atoms with Crippen LogP contribution in [-0.2, 0) is 13.1 Å². The summed E-state index contributed by atoms with van der Waals surface area (Å²) in [5, 5.41) is 5.21. The van der Waals surface area contributed by atoms with Crippen LogP contribution in [0.2, 0.25) is 5.02 Å². The molecule has 0 atom stereocenters. The van der Waals surface area contributed by atoms with Crippen LogP contribution in [0.1, 0.15) is 45.5 Å². The first-order valence-corrected chi connectivity index (χ1v) is 9.34. The van der Waals surface area contributed by atoms with Crippen molar-refractivity contribution in [1.29, 1.82) is 0 Å². The van der Waals surface area contributed by atoms with E-state index < -0.39 is 0 Å². The Labute approximate surface area is 162 Å². The lowest BCUT2D eigenvalue weighted by Gasteiger charge is -2.18. The lowest BCUT2D eigenvalue weighted by molar-refractivity contribution is 0.0745. The lowest BCUT2D eigenvalue weighted by atomic mass is 10.1. The van der Waals surface area contributed by atoms with Crippen LogP contribution in [0.4, 0.5) is 0 Å². The minimum atomic E-state index is -0.113. The third-order valence-electron chi connectivity index (χ3n) is 5.16. The molecule has 0 saturated heterocycles. The SMILES string of the molecule is CCOc1ccc(Cl)cc1C(=O)N1Cc2nn3c(C)c(C)c(C)nc3c2C1.